The summed E-state index contributed by atoms with van der Waals surface area (Å²) >= 11 is 0. The van der Waals surface area contributed by atoms with Gasteiger partial charge >= 0.3 is 0 Å². The predicted octanol–water partition coefficient (Wildman–Crippen LogP) is 11.4. The van der Waals surface area contributed by atoms with Gasteiger partial charge in [0.1, 0.15) is 0 Å². The van der Waals surface area contributed by atoms with Crippen LogP contribution in [0.15, 0.2) is 152 Å². The summed E-state index contributed by atoms with van der Waals surface area (Å²) in [6, 6.07) is 49.6. The van der Waals surface area contributed by atoms with Gasteiger partial charge in [0.15, 0.2) is 0 Å². The molecule has 0 heterocycles. The van der Waals surface area contributed by atoms with Crippen molar-refractivity contribution in [2.75, 3.05) is 16.8 Å². The maximum absolute atomic E-state index is 11.3. The van der Waals surface area contributed by atoms with Crippen LogP contribution in [0.4, 0.5) is 34.1 Å². The first-order chi connectivity index (χ1) is 22.9. The van der Waals surface area contributed by atoms with Crippen LogP contribution in [-0.4, -0.2) is 12.0 Å². The van der Waals surface area contributed by atoms with Gasteiger partial charge in [-0.05, 0) is 88.7 Å². The molecule has 1 atom stereocenters. The van der Waals surface area contributed by atoms with Crippen LogP contribution in [0.5, 0.6) is 0 Å². The van der Waals surface area contributed by atoms with Crippen LogP contribution in [0.2, 0.25) is 0 Å². The molecule has 1 aliphatic rings. The maximum atomic E-state index is 11.3. The third-order valence-corrected chi connectivity index (χ3v) is 8.90. The van der Waals surface area contributed by atoms with Gasteiger partial charge in [-0.25, -0.2) is 0 Å². The number of hydrogen-bond donors (Lipinski definition) is 0. The Labute approximate surface area is 275 Å². The monoisotopic (exact) mass is 613 g/mol. The van der Waals surface area contributed by atoms with Gasteiger partial charge < -0.3 is 9.80 Å². The Morgan fingerprint density at radius 3 is 1.96 bits per heavy atom. The van der Waals surface area contributed by atoms with Crippen LogP contribution in [0.1, 0.15) is 18.1 Å². The molecule has 1 unspecified atom stereocenters. The van der Waals surface area contributed by atoms with Crippen LogP contribution in [0, 0.1) is 16.0 Å². The molecule has 230 valence electrons. The van der Waals surface area contributed by atoms with Crippen LogP contribution >= 0.6 is 0 Å². The molecule has 0 amide bonds. The fraction of sp³-hybridized carbons (Fsp3) is 0.0952. The van der Waals surface area contributed by atoms with Gasteiger partial charge in [-0.2, -0.15) is 0 Å². The van der Waals surface area contributed by atoms with Gasteiger partial charge in [-0.15, -0.1) is 0 Å². The lowest BCUT2D eigenvalue weighted by molar-refractivity contribution is -0.384. The number of hydrogen-bond acceptors (Lipinski definition) is 4. The van der Waals surface area contributed by atoms with Crippen molar-refractivity contribution in [3.63, 3.8) is 0 Å². The first-order valence-electron chi connectivity index (χ1n) is 15.9. The van der Waals surface area contributed by atoms with Crippen molar-refractivity contribution in [3.05, 3.63) is 173 Å². The zero-order valence-electron chi connectivity index (χ0n) is 26.5. The second-order valence-corrected chi connectivity index (χ2v) is 12.1. The van der Waals surface area contributed by atoms with E-state index in [0.29, 0.717) is 5.92 Å². The number of allylic oxidation sites excluding steroid dienone is 1. The van der Waals surface area contributed by atoms with E-state index >= 15 is 0 Å². The number of benzene rings is 6. The van der Waals surface area contributed by atoms with Crippen molar-refractivity contribution in [3.8, 4) is 22.3 Å². The number of fused-ring (bicyclic) bond motifs is 1. The van der Waals surface area contributed by atoms with Gasteiger partial charge in [0, 0.05) is 47.5 Å². The molecule has 0 bridgehead atoms. The molecule has 0 saturated carbocycles. The fourth-order valence-corrected chi connectivity index (χ4v) is 6.37. The summed E-state index contributed by atoms with van der Waals surface area (Å²) in [7, 11) is 1.92. The van der Waals surface area contributed by atoms with E-state index < -0.39 is 0 Å². The second kappa shape index (κ2) is 12.8. The molecular formula is C42H35N3O2. The Morgan fingerprint density at radius 2 is 1.23 bits per heavy atom. The number of non-ortho nitro benzene ring substituents is 1. The van der Waals surface area contributed by atoms with E-state index in [9.17, 15) is 10.1 Å². The first kappa shape index (κ1) is 29.8. The zero-order valence-corrected chi connectivity index (χ0v) is 26.5. The average molecular weight is 614 g/mol. The summed E-state index contributed by atoms with van der Waals surface area (Å²) in [4.78, 5) is 15.2. The molecule has 7 rings (SSSR count). The van der Waals surface area contributed by atoms with E-state index in [1.807, 2.05) is 36.2 Å². The normalized spacial score (nSPS) is 13.5. The molecular weight excluding hydrogens is 578 g/mol. The Balaban J connectivity index is 1.23. The van der Waals surface area contributed by atoms with E-state index in [1.54, 1.807) is 12.1 Å². The number of rotatable bonds is 8. The molecule has 6 aromatic carbocycles. The molecule has 6 aromatic rings. The lowest BCUT2D eigenvalue weighted by Crippen LogP contribution is -2.14. The summed E-state index contributed by atoms with van der Waals surface area (Å²) in [5, 5.41) is 11.3. The quantitative estimate of drug-likeness (QED) is 0.127. The minimum Gasteiger partial charge on any atom is -0.344 e. The SMILES string of the molecule is CC1C=Cc2c(cccc2N(c2ccc(-c3ccc(N(C)c4cccc([N+](=O)[O-])c4)cc3)cc2)c2cccc(-c3ccccc3)c2)C1. The van der Waals surface area contributed by atoms with Crippen molar-refractivity contribution in [2.45, 2.75) is 13.3 Å². The fourth-order valence-electron chi connectivity index (χ4n) is 6.37. The van der Waals surface area contributed by atoms with E-state index in [2.05, 4.69) is 127 Å². The van der Waals surface area contributed by atoms with Crippen molar-refractivity contribution in [1.29, 1.82) is 0 Å². The van der Waals surface area contributed by atoms with Crippen molar-refractivity contribution in [1.82, 2.24) is 0 Å². The predicted molar refractivity (Wildman–Crippen MR) is 195 cm³/mol. The molecule has 0 fully saturated rings. The van der Waals surface area contributed by atoms with Gasteiger partial charge in [-0.3, -0.25) is 10.1 Å². The number of nitro benzene ring substituents is 1. The minimum absolute atomic E-state index is 0.0773. The van der Waals surface area contributed by atoms with Gasteiger partial charge in [-0.1, -0.05) is 104 Å². The molecule has 0 saturated heterocycles. The van der Waals surface area contributed by atoms with Crippen molar-refractivity contribution < 1.29 is 4.92 Å². The molecule has 0 aromatic heterocycles. The number of nitro groups is 1. The van der Waals surface area contributed by atoms with Gasteiger partial charge in [0.25, 0.3) is 5.69 Å². The Hall–Kier alpha value is -5.94. The average Bonchev–Trinajstić information content (AvgIpc) is 3.12. The Bertz CT molecular complexity index is 2070. The van der Waals surface area contributed by atoms with E-state index in [-0.39, 0.29) is 10.6 Å². The first-order valence-corrected chi connectivity index (χ1v) is 15.9. The van der Waals surface area contributed by atoms with Gasteiger partial charge in [0.05, 0.1) is 10.6 Å². The van der Waals surface area contributed by atoms with Crippen molar-refractivity contribution >= 4 is 40.2 Å². The molecule has 5 nitrogen and oxygen atoms in total. The highest BCUT2D eigenvalue weighted by molar-refractivity contribution is 5.86. The molecule has 0 spiro atoms. The van der Waals surface area contributed by atoms with Crippen LogP contribution in [-0.2, 0) is 6.42 Å². The molecule has 1 aliphatic carbocycles. The lowest BCUT2D eigenvalue weighted by atomic mass is 9.89. The topological polar surface area (TPSA) is 49.6 Å². The van der Waals surface area contributed by atoms with E-state index in [4.69, 9.17) is 0 Å². The number of nitrogens with zero attached hydrogens (tertiary/aromatic N) is 3. The molecule has 47 heavy (non-hydrogen) atoms. The summed E-state index contributed by atoms with van der Waals surface area (Å²) < 4.78 is 0. The third kappa shape index (κ3) is 6.16. The molecule has 0 aliphatic heterocycles. The van der Waals surface area contributed by atoms with Crippen LogP contribution < -0.4 is 9.80 Å². The summed E-state index contributed by atoms with van der Waals surface area (Å²) in [5.74, 6) is 0.518. The minimum atomic E-state index is -0.366. The highest BCUT2D eigenvalue weighted by Crippen LogP contribution is 2.42. The summed E-state index contributed by atoms with van der Waals surface area (Å²) in [6.07, 6.45) is 5.63. The van der Waals surface area contributed by atoms with E-state index in [1.165, 1.54) is 28.3 Å². The standard InChI is InChI=1S/C42H35N3O2/c1-30-17-26-41-35(27-30)12-7-16-42(41)44(39-14-6-11-34(28-39)31-9-4-3-5-10-31)37-24-20-33(21-25-37)32-18-22-36(23-19-32)43(2)38-13-8-15-40(29-38)45(46)47/h3-26,28-30H,27H2,1-2H3. The largest absolute Gasteiger partial charge is 0.344 e. The second-order valence-electron chi connectivity index (χ2n) is 12.1. The Morgan fingerprint density at radius 1 is 0.617 bits per heavy atom. The Kier molecular flexibility index (Phi) is 8.11. The third-order valence-electron chi connectivity index (χ3n) is 8.90. The summed E-state index contributed by atoms with van der Waals surface area (Å²) in [6.45, 7) is 2.27. The molecule has 0 N–H and O–H groups in total. The highest BCUT2D eigenvalue weighted by Gasteiger charge is 2.20. The van der Waals surface area contributed by atoms with Crippen molar-refractivity contribution in [2.24, 2.45) is 5.92 Å². The summed E-state index contributed by atoms with van der Waals surface area (Å²) in [5.41, 5.74) is 12.4. The lowest BCUT2D eigenvalue weighted by Gasteiger charge is -2.30. The maximum Gasteiger partial charge on any atom is 0.271 e. The van der Waals surface area contributed by atoms with Crippen LogP contribution in [0.25, 0.3) is 28.3 Å². The highest BCUT2D eigenvalue weighted by atomic mass is 16.6. The molecule has 5 heteroatoms. The zero-order chi connectivity index (χ0) is 32.3. The van der Waals surface area contributed by atoms with Gasteiger partial charge in [0.2, 0.25) is 0 Å². The van der Waals surface area contributed by atoms with Crippen LogP contribution in [0.3, 0.4) is 0 Å². The number of anilines is 5. The van der Waals surface area contributed by atoms with E-state index in [0.717, 1.165) is 46.0 Å². The molecule has 0 radical (unpaired) electrons. The smallest absolute Gasteiger partial charge is 0.271 e.